The molecule has 0 aliphatic heterocycles. The summed E-state index contributed by atoms with van der Waals surface area (Å²) in [6.07, 6.45) is 1.03. The van der Waals surface area contributed by atoms with E-state index < -0.39 is 17.7 Å². The fourth-order valence-electron chi connectivity index (χ4n) is 2.27. The molecule has 24 heavy (non-hydrogen) atoms. The Bertz CT molecular complexity index is 501. The van der Waals surface area contributed by atoms with Gasteiger partial charge in [-0.15, -0.1) is 24.0 Å². The first-order valence-electron chi connectivity index (χ1n) is 7.91. The van der Waals surface area contributed by atoms with Crippen molar-refractivity contribution in [1.82, 2.24) is 15.5 Å². The lowest BCUT2D eigenvalue weighted by molar-refractivity contribution is 0.282. The standard InChI is InChI=1S/C17H28F2N4.HI/c1-12(2)9-10-21-17(20-3)22-11-15(23(4)5)16-13(18)7-6-8-14(16)19;/h6-8,12,15H,9-11H2,1-5H3,(H2,20,21,22);1H. The highest BCUT2D eigenvalue weighted by atomic mass is 127. The molecule has 1 aromatic rings. The lowest BCUT2D eigenvalue weighted by Crippen LogP contribution is -2.42. The van der Waals surface area contributed by atoms with Crippen LogP contribution in [0.2, 0.25) is 0 Å². The van der Waals surface area contributed by atoms with Crippen molar-refractivity contribution in [2.45, 2.75) is 26.3 Å². The van der Waals surface area contributed by atoms with Gasteiger partial charge in [0.15, 0.2) is 5.96 Å². The number of likely N-dealkylation sites (N-methyl/N-ethyl adjacent to an activating group) is 1. The molecule has 7 heteroatoms. The third-order valence-corrected chi connectivity index (χ3v) is 3.66. The van der Waals surface area contributed by atoms with E-state index in [0.29, 0.717) is 18.4 Å². The van der Waals surface area contributed by atoms with Crippen LogP contribution in [0.1, 0.15) is 31.9 Å². The monoisotopic (exact) mass is 454 g/mol. The van der Waals surface area contributed by atoms with Crippen LogP contribution in [0.15, 0.2) is 23.2 Å². The maximum Gasteiger partial charge on any atom is 0.191 e. The van der Waals surface area contributed by atoms with Crippen LogP contribution >= 0.6 is 24.0 Å². The van der Waals surface area contributed by atoms with Crippen LogP contribution in [0.5, 0.6) is 0 Å². The molecule has 0 aromatic heterocycles. The van der Waals surface area contributed by atoms with Crippen LogP contribution in [-0.2, 0) is 0 Å². The Balaban J connectivity index is 0.00000529. The van der Waals surface area contributed by atoms with Gasteiger partial charge in [0, 0.05) is 25.7 Å². The van der Waals surface area contributed by atoms with Crippen LogP contribution in [0.25, 0.3) is 0 Å². The Kier molecular flexibility index (Phi) is 11.1. The normalized spacial score (nSPS) is 13.0. The van der Waals surface area contributed by atoms with Gasteiger partial charge < -0.3 is 15.5 Å². The molecule has 0 spiro atoms. The van der Waals surface area contributed by atoms with Crippen molar-refractivity contribution in [3.8, 4) is 0 Å². The minimum atomic E-state index is -0.534. The fraction of sp³-hybridized carbons (Fsp3) is 0.588. The summed E-state index contributed by atoms with van der Waals surface area (Å²) in [5.41, 5.74) is 0.0719. The smallest absolute Gasteiger partial charge is 0.191 e. The zero-order valence-corrected chi connectivity index (χ0v) is 17.4. The SMILES string of the molecule is CN=C(NCCC(C)C)NCC(c1c(F)cccc1F)N(C)C.I. The molecule has 138 valence electrons. The largest absolute Gasteiger partial charge is 0.356 e. The summed E-state index contributed by atoms with van der Waals surface area (Å²) in [4.78, 5) is 5.93. The number of nitrogens with one attached hydrogen (secondary N) is 2. The Hall–Kier alpha value is -0.960. The second kappa shape index (κ2) is 11.6. The molecular weight excluding hydrogens is 425 g/mol. The van der Waals surface area contributed by atoms with Gasteiger partial charge in [0.05, 0.1) is 6.04 Å². The number of hydrogen-bond acceptors (Lipinski definition) is 2. The van der Waals surface area contributed by atoms with Crippen molar-refractivity contribution >= 4 is 29.9 Å². The summed E-state index contributed by atoms with van der Waals surface area (Å²) in [7, 11) is 5.28. The van der Waals surface area contributed by atoms with Crippen molar-refractivity contribution in [3.63, 3.8) is 0 Å². The molecule has 0 aliphatic carbocycles. The van der Waals surface area contributed by atoms with Crippen LogP contribution in [-0.4, -0.2) is 45.1 Å². The highest BCUT2D eigenvalue weighted by Gasteiger charge is 2.22. The fourth-order valence-corrected chi connectivity index (χ4v) is 2.27. The summed E-state index contributed by atoms with van der Waals surface area (Å²) in [5, 5.41) is 6.35. The molecule has 0 fully saturated rings. The zero-order valence-electron chi connectivity index (χ0n) is 15.1. The second-order valence-corrected chi connectivity index (χ2v) is 6.18. The van der Waals surface area contributed by atoms with E-state index in [9.17, 15) is 8.78 Å². The van der Waals surface area contributed by atoms with Gasteiger partial charge in [-0.25, -0.2) is 8.78 Å². The molecule has 1 atom stereocenters. The molecule has 4 nitrogen and oxygen atoms in total. The van der Waals surface area contributed by atoms with E-state index in [4.69, 9.17) is 0 Å². The van der Waals surface area contributed by atoms with Gasteiger partial charge in [-0.1, -0.05) is 19.9 Å². The molecule has 1 aromatic carbocycles. The van der Waals surface area contributed by atoms with Crippen LogP contribution < -0.4 is 10.6 Å². The minimum absolute atomic E-state index is 0. The van der Waals surface area contributed by atoms with Crippen molar-refractivity contribution in [1.29, 1.82) is 0 Å². The average Bonchev–Trinajstić information content (AvgIpc) is 2.47. The zero-order chi connectivity index (χ0) is 17.4. The Morgan fingerprint density at radius 3 is 2.21 bits per heavy atom. The molecule has 2 N–H and O–H groups in total. The number of aliphatic imine (C=N–C) groups is 1. The van der Waals surface area contributed by atoms with Crippen molar-refractivity contribution in [3.05, 3.63) is 35.4 Å². The third-order valence-electron chi connectivity index (χ3n) is 3.66. The quantitative estimate of drug-likeness (QED) is 0.377. The maximum atomic E-state index is 14.0. The molecular formula is C17H29F2IN4. The molecule has 1 rings (SSSR count). The van der Waals surface area contributed by atoms with Gasteiger partial charge in [-0.2, -0.15) is 0 Å². The molecule has 0 saturated heterocycles. The van der Waals surface area contributed by atoms with Gasteiger partial charge in [0.1, 0.15) is 11.6 Å². The van der Waals surface area contributed by atoms with Gasteiger partial charge in [-0.3, -0.25) is 4.99 Å². The van der Waals surface area contributed by atoms with Crippen molar-refractivity contribution in [2.24, 2.45) is 10.9 Å². The van der Waals surface area contributed by atoms with Crippen molar-refractivity contribution in [2.75, 3.05) is 34.2 Å². The predicted octanol–water partition coefficient (Wildman–Crippen LogP) is 3.40. The van der Waals surface area contributed by atoms with Crippen molar-refractivity contribution < 1.29 is 8.78 Å². The average molecular weight is 454 g/mol. The van der Waals surface area contributed by atoms with E-state index in [1.54, 1.807) is 26.0 Å². The summed E-state index contributed by atoms with van der Waals surface area (Å²) in [5.74, 6) is 0.165. The summed E-state index contributed by atoms with van der Waals surface area (Å²) >= 11 is 0. The van der Waals surface area contributed by atoms with Crippen LogP contribution in [0.4, 0.5) is 8.78 Å². The molecule has 0 heterocycles. The van der Waals surface area contributed by atoms with E-state index in [2.05, 4.69) is 29.5 Å². The Morgan fingerprint density at radius 2 is 1.75 bits per heavy atom. The van der Waals surface area contributed by atoms with Crippen LogP contribution in [0, 0.1) is 17.6 Å². The molecule has 0 radical (unpaired) electrons. The Morgan fingerprint density at radius 1 is 1.17 bits per heavy atom. The number of nitrogens with zero attached hydrogens (tertiary/aromatic N) is 2. The lowest BCUT2D eigenvalue weighted by Gasteiger charge is -2.26. The maximum absolute atomic E-state index is 14.0. The first-order valence-corrected chi connectivity index (χ1v) is 7.91. The topological polar surface area (TPSA) is 39.7 Å². The van der Waals surface area contributed by atoms with Gasteiger partial charge in [-0.05, 0) is 38.6 Å². The number of rotatable bonds is 7. The highest BCUT2D eigenvalue weighted by molar-refractivity contribution is 14.0. The first kappa shape index (κ1) is 23.0. The summed E-state index contributed by atoms with van der Waals surface area (Å²) in [6.45, 7) is 5.46. The third kappa shape index (κ3) is 7.29. The Labute approximate surface area is 161 Å². The number of halogens is 3. The number of hydrogen-bond donors (Lipinski definition) is 2. The van der Waals surface area contributed by atoms with E-state index in [-0.39, 0.29) is 29.5 Å². The van der Waals surface area contributed by atoms with E-state index in [0.717, 1.165) is 13.0 Å². The minimum Gasteiger partial charge on any atom is -0.356 e. The van der Waals surface area contributed by atoms with Crippen LogP contribution in [0.3, 0.4) is 0 Å². The molecule has 0 amide bonds. The van der Waals surface area contributed by atoms with E-state index >= 15 is 0 Å². The molecule has 0 bridgehead atoms. The first-order chi connectivity index (χ1) is 10.9. The number of benzene rings is 1. The van der Waals surface area contributed by atoms with Gasteiger partial charge >= 0.3 is 0 Å². The second-order valence-electron chi connectivity index (χ2n) is 6.18. The van der Waals surface area contributed by atoms with E-state index in [1.807, 2.05) is 0 Å². The highest BCUT2D eigenvalue weighted by Crippen LogP contribution is 2.23. The predicted molar refractivity (Wildman–Crippen MR) is 107 cm³/mol. The lowest BCUT2D eigenvalue weighted by atomic mass is 10.0. The summed E-state index contributed by atoms with van der Waals surface area (Å²) in [6, 6.07) is 3.51. The summed E-state index contributed by atoms with van der Waals surface area (Å²) < 4.78 is 28.0. The molecule has 1 unspecified atom stereocenters. The van der Waals surface area contributed by atoms with Gasteiger partial charge in [0.2, 0.25) is 0 Å². The van der Waals surface area contributed by atoms with Gasteiger partial charge in [0.25, 0.3) is 0 Å². The number of guanidine groups is 1. The van der Waals surface area contributed by atoms with E-state index in [1.165, 1.54) is 18.2 Å². The molecule has 0 saturated carbocycles. The molecule has 0 aliphatic rings.